The average molecular weight is 196 g/mol. The van der Waals surface area contributed by atoms with E-state index in [0.29, 0.717) is 11.7 Å². The molecule has 0 aromatic heterocycles. The number of rotatable bonds is 3. The molecular weight excluding hydrogens is 172 g/mol. The third kappa shape index (κ3) is 2.02. The molecule has 1 nitrogen and oxygen atoms in total. The Morgan fingerprint density at radius 1 is 1.43 bits per heavy atom. The highest BCUT2D eigenvalue weighted by atomic mass is 16.1. The second kappa shape index (κ2) is 4.46. The summed E-state index contributed by atoms with van der Waals surface area (Å²) in [4.78, 5) is 11.7. The van der Waals surface area contributed by atoms with Crippen LogP contribution in [0.15, 0.2) is 0 Å². The van der Waals surface area contributed by atoms with Crippen molar-refractivity contribution >= 4 is 5.78 Å². The Kier molecular flexibility index (Phi) is 3.74. The molecule has 1 aliphatic carbocycles. The molecule has 0 bridgehead atoms. The maximum absolute atomic E-state index is 11.7. The zero-order valence-corrected chi connectivity index (χ0v) is 10.1. The SMILES string of the molecule is CCCCC1(C)C(C)C(=O)CC[C@H]1C. The number of ketones is 1. The highest BCUT2D eigenvalue weighted by Gasteiger charge is 2.42. The zero-order chi connectivity index (χ0) is 10.8. The molecule has 0 N–H and O–H groups in total. The summed E-state index contributed by atoms with van der Waals surface area (Å²) < 4.78 is 0. The van der Waals surface area contributed by atoms with Crippen molar-refractivity contribution in [1.29, 1.82) is 0 Å². The van der Waals surface area contributed by atoms with Crippen LogP contribution < -0.4 is 0 Å². The summed E-state index contributed by atoms with van der Waals surface area (Å²) in [6, 6.07) is 0. The Morgan fingerprint density at radius 3 is 2.64 bits per heavy atom. The average Bonchev–Trinajstić information content (AvgIpc) is 2.18. The normalized spacial score (nSPS) is 38.7. The van der Waals surface area contributed by atoms with Gasteiger partial charge in [0.2, 0.25) is 0 Å². The fraction of sp³-hybridized carbons (Fsp3) is 0.923. The van der Waals surface area contributed by atoms with E-state index < -0.39 is 0 Å². The molecule has 14 heavy (non-hydrogen) atoms. The van der Waals surface area contributed by atoms with Crippen LogP contribution >= 0.6 is 0 Å². The minimum atomic E-state index is 0.269. The summed E-state index contributed by atoms with van der Waals surface area (Å²) in [6.45, 7) is 8.99. The molecule has 0 aliphatic heterocycles. The van der Waals surface area contributed by atoms with Crippen LogP contribution in [0, 0.1) is 17.3 Å². The van der Waals surface area contributed by atoms with Gasteiger partial charge in [0, 0.05) is 12.3 Å². The van der Waals surface area contributed by atoms with E-state index in [0.717, 1.165) is 12.8 Å². The number of carbonyl (C=O) groups excluding carboxylic acids is 1. The molecule has 1 aliphatic rings. The predicted octanol–water partition coefficient (Wildman–Crippen LogP) is 3.82. The molecule has 1 rings (SSSR count). The fourth-order valence-electron chi connectivity index (χ4n) is 2.72. The Balaban J connectivity index is 2.73. The smallest absolute Gasteiger partial charge is 0.136 e. The van der Waals surface area contributed by atoms with Crippen LogP contribution in [-0.2, 0) is 4.79 Å². The van der Waals surface area contributed by atoms with Crippen molar-refractivity contribution in [2.24, 2.45) is 17.3 Å². The Bertz CT molecular complexity index is 209. The predicted molar refractivity (Wildman–Crippen MR) is 60.2 cm³/mol. The maximum Gasteiger partial charge on any atom is 0.136 e. The molecule has 0 spiro atoms. The second-order valence-electron chi connectivity index (χ2n) is 5.24. The molecule has 0 aromatic carbocycles. The van der Waals surface area contributed by atoms with Gasteiger partial charge in [-0.3, -0.25) is 4.79 Å². The quantitative estimate of drug-likeness (QED) is 0.670. The van der Waals surface area contributed by atoms with Gasteiger partial charge in [0.25, 0.3) is 0 Å². The number of Topliss-reactive ketones (excluding diaryl/α,β-unsaturated/α-hetero) is 1. The first-order valence-corrected chi connectivity index (χ1v) is 6.05. The molecule has 0 saturated heterocycles. The van der Waals surface area contributed by atoms with Gasteiger partial charge in [-0.15, -0.1) is 0 Å². The summed E-state index contributed by atoms with van der Waals surface area (Å²) in [6.07, 6.45) is 5.63. The first-order valence-electron chi connectivity index (χ1n) is 6.05. The molecule has 82 valence electrons. The Morgan fingerprint density at radius 2 is 2.07 bits per heavy atom. The Hall–Kier alpha value is -0.330. The van der Waals surface area contributed by atoms with Crippen LogP contribution in [0.4, 0.5) is 0 Å². The third-order valence-corrected chi connectivity index (χ3v) is 4.49. The lowest BCUT2D eigenvalue weighted by molar-refractivity contribution is -0.132. The summed E-state index contributed by atoms with van der Waals surface area (Å²) in [5.74, 6) is 1.47. The largest absolute Gasteiger partial charge is 0.299 e. The molecule has 1 fully saturated rings. The van der Waals surface area contributed by atoms with Gasteiger partial charge >= 0.3 is 0 Å². The van der Waals surface area contributed by atoms with Gasteiger partial charge in [-0.05, 0) is 24.2 Å². The summed E-state index contributed by atoms with van der Waals surface area (Å²) in [5, 5.41) is 0. The van der Waals surface area contributed by atoms with E-state index in [9.17, 15) is 4.79 Å². The molecule has 0 radical (unpaired) electrons. The highest BCUT2D eigenvalue weighted by molar-refractivity contribution is 5.82. The molecule has 2 unspecified atom stereocenters. The standard InChI is InChI=1S/C13H24O/c1-5-6-9-13(4)10(2)7-8-12(14)11(13)3/h10-11H,5-9H2,1-4H3/t10-,11?,13?/m1/s1. The lowest BCUT2D eigenvalue weighted by Crippen LogP contribution is -2.41. The van der Waals surface area contributed by atoms with Crippen molar-refractivity contribution in [2.75, 3.05) is 0 Å². The molecule has 0 aromatic rings. The number of carbonyl (C=O) groups is 1. The van der Waals surface area contributed by atoms with Crippen LogP contribution in [-0.4, -0.2) is 5.78 Å². The zero-order valence-electron chi connectivity index (χ0n) is 10.1. The van der Waals surface area contributed by atoms with Gasteiger partial charge in [0.1, 0.15) is 5.78 Å². The van der Waals surface area contributed by atoms with Crippen molar-refractivity contribution in [3.63, 3.8) is 0 Å². The van der Waals surface area contributed by atoms with E-state index >= 15 is 0 Å². The van der Waals surface area contributed by atoms with Gasteiger partial charge in [-0.25, -0.2) is 0 Å². The number of hydrogen-bond donors (Lipinski definition) is 0. The Labute approximate surface area is 88.3 Å². The third-order valence-electron chi connectivity index (χ3n) is 4.49. The van der Waals surface area contributed by atoms with E-state index in [4.69, 9.17) is 0 Å². The van der Waals surface area contributed by atoms with Crippen molar-refractivity contribution in [1.82, 2.24) is 0 Å². The van der Waals surface area contributed by atoms with E-state index in [-0.39, 0.29) is 11.3 Å². The van der Waals surface area contributed by atoms with Crippen LogP contribution in [0.1, 0.15) is 59.8 Å². The highest BCUT2D eigenvalue weighted by Crippen LogP contribution is 2.46. The summed E-state index contributed by atoms with van der Waals surface area (Å²) >= 11 is 0. The molecule has 3 atom stereocenters. The van der Waals surface area contributed by atoms with Gasteiger partial charge < -0.3 is 0 Å². The van der Waals surface area contributed by atoms with Gasteiger partial charge in [0.05, 0.1) is 0 Å². The van der Waals surface area contributed by atoms with Gasteiger partial charge in [-0.2, -0.15) is 0 Å². The van der Waals surface area contributed by atoms with Gasteiger partial charge in [-0.1, -0.05) is 40.5 Å². The number of unbranched alkanes of at least 4 members (excludes halogenated alkanes) is 1. The van der Waals surface area contributed by atoms with Crippen molar-refractivity contribution in [3.8, 4) is 0 Å². The summed E-state index contributed by atoms with van der Waals surface area (Å²) in [5.41, 5.74) is 0.269. The van der Waals surface area contributed by atoms with Crippen molar-refractivity contribution < 1.29 is 4.79 Å². The first kappa shape index (κ1) is 11.7. The lowest BCUT2D eigenvalue weighted by atomic mass is 9.60. The van der Waals surface area contributed by atoms with E-state index in [2.05, 4.69) is 27.7 Å². The molecule has 1 saturated carbocycles. The van der Waals surface area contributed by atoms with Crippen molar-refractivity contribution in [3.05, 3.63) is 0 Å². The van der Waals surface area contributed by atoms with Crippen LogP contribution in [0.2, 0.25) is 0 Å². The van der Waals surface area contributed by atoms with Crippen molar-refractivity contribution in [2.45, 2.75) is 59.8 Å². The minimum absolute atomic E-state index is 0.269. The first-order chi connectivity index (χ1) is 6.52. The molecule has 1 heteroatoms. The second-order valence-corrected chi connectivity index (χ2v) is 5.24. The van der Waals surface area contributed by atoms with Crippen LogP contribution in [0.5, 0.6) is 0 Å². The monoisotopic (exact) mass is 196 g/mol. The summed E-state index contributed by atoms with van der Waals surface area (Å²) in [7, 11) is 0. The number of hydrogen-bond acceptors (Lipinski definition) is 1. The lowest BCUT2D eigenvalue weighted by Gasteiger charge is -2.44. The fourth-order valence-corrected chi connectivity index (χ4v) is 2.72. The molecular formula is C13H24O. The van der Waals surface area contributed by atoms with Crippen LogP contribution in [0.3, 0.4) is 0 Å². The minimum Gasteiger partial charge on any atom is -0.299 e. The van der Waals surface area contributed by atoms with E-state index in [1.165, 1.54) is 19.3 Å². The van der Waals surface area contributed by atoms with Gasteiger partial charge in [0.15, 0.2) is 0 Å². The van der Waals surface area contributed by atoms with E-state index in [1.807, 2.05) is 0 Å². The van der Waals surface area contributed by atoms with Crippen LogP contribution in [0.25, 0.3) is 0 Å². The maximum atomic E-state index is 11.7. The molecule has 0 heterocycles. The topological polar surface area (TPSA) is 17.1 Å². The van der Waals surface area contributed by atoms with E-state index in [1.54, 1.807) is 0 Å². The molecule has 0 amide bonds.